The Morgan fingerprint density at radius 1 is 1.06 bits per heavy atom. The monoisotopic (exact) mass is 270 g/mol. The standard InChI is InChI=1S/C8H6F5N3O2/c9-7(10,11)8(12,13)15(16(18)14-17)6-4-2-1-3-5-6/h1-5,17H/p-1/b16-14-. The summed E-state index contributed by atoms with van der Waals surface area (Å²) in [4.78, 5) is -1.36. The van der Waals surface area contributed by atoms with E-state index in [1.807, 2.05) is 0 Å². The summed E-state index contributed by atoms with van der Waals surface area (Å²) in [5, 5.41) is 21.1. The lowest BCUT2D eigenvalue weighted by Crippen LogP contribution is -2.55. The fraction of sp³-hybridized carbons (Fsp3) is 0.250. The second-order valence-electron chi connectivity index (χ2n) is 3.02. The van der Waals surface area contributed by atoms with Crippen LogP contribution in [0.2, 0.25) is 0 Å². The molecule has 0 bridgehead atoms. The number of para-hydroxylation sites is 1. The van der Waals surface area contributed by atoms with Crippen molar-refractivity contribution in [2.24, 2.45) is 5.28 Å². The molecule has 1 aromatic rings. The van der Waals surface area contributed by atoms with Crippen molar-refractivity contribution in [2.75, 3.05) is 5.01 Å². The molecule has 0 aliphatic rings. The van der Waals surface area contributed by atoms with Gasteiger partial charge >= 0.3 is 12.2 Å². The molecule has 10 heteroatoms. The molecule has 100 valence electrons. The third-order valence-electron chi connectivity index (χ3n) is 1.85. The Hall–Kier alpha value is -2.13. The van der Waals surface area contributed by atoms with E-state index < -0.39 is 27.9 Å². The topological polar surface area (TPSA) is 64.7 Å². The molecule has 0 aliphatic carbocycles. The molecule has 1 rings (SSSR count). The molecular formula is C8H5F5N3O2-. The molecular weight excluding hydrogens is 265 g/mol. The van der Waals surface area contributed by atoms with Crippen molar-refractivity contribution in [3.8, 4) is 0 Å². The molecule has 0 saturated heterocycles. The summed E-state index contributed by atoms with van der Waals surface area (Å²) in [6.07, 6.45) is -6.05. The highest BCUT2D eigenvalue weighted by atomic mass is 19.4. The average Bonchev–Trinajstić information content (AvgIpc) is 2.28. The normalized spacial score (nSPS) is 13.5. The molecule has 0 N–H and O–H groups in total. The third-order valence-corrected chi connectivity index (χ3v) is 1.85. The fourth-order valence-corrected chi connectivity index (χ4v) is 1.09. The molecule has 5 nitrogen and oxygen atoms in total. The molecule has 18 heavy (non-hydrogen) atoms. The molecule has 0 spiro atoms. The van der Waals surface area contributed by atoms with Gasteiger partial charge in [-0.05, 0) is 22.4 Å². The van der Waals surface area contributed by atoms with Crippen molar-refractivity contribution in [1.29, 1.82) is 0 Å². The van der Waals surface area contributed by atoms with Gasteiger partial charge in [0.25, 0.3) is 0 Å². The average molecular weight is 270 g/mol. The second-order valence-corrected chi connectivity index (χ2v) is 3.02. The van der Waals surface area contributed by atoms with E-state index >= 15 is 0 Å². The molecule has 0 aliphatic heterocycles. The molecule has 0 atom stereocenters. The summed E-state index contributed by atoms with van der Waals surface area (Å²) in [5.41, 5.74) is -0.825. The first kappa shape index (κ1) is 13.9. The number of nitrogens with zero attached hydrogens (tertiary/aromatic N) is 3. The zero-order valence-electron chi connectivity index (χ0n) is 8.43. The van der Waals surface area contributed by atoms with Crippen LogP contribution in [-0.2, 0) is 0 Å². The van der Waals surface area contributed by atoms with Gasteiger partial charge in [0, 0.05) is 4.97 Å². The lowest BCUT2D eigenvalue weighted by atomic mass is 10.3. The SMILES string of the molecule is [O-]/N=[N+](\[O-])N(c1ccccc1)C(F)(F)C(F)(F)F. The van der Waals surface area contributed by atoms with Gasteiger partial charge in [-0.15, -0.1) is 0 Å². The minimum Gasteiger partial charge on any atom is -0.737 e. The summed E-state index contributed by atoms with van der Waals surface area (Å²) in [6, 6.07) is -0.396. The van der Waals surface area contributed by atoms with Crippen LogP contribution in [0.5, 0.6) is 0 Å². The van der Waals surface area contributed by atoms with Crippen LogP contribution >= 0.6 is 0 Å². The van der Waals surface area contributed by atoms with E-state index in [1.54, 1.807) is 0 Å². The number of anilines is 1. The Morgan fingerprint density at radius 3 is 1.94 bits per heavy atom. The van der Waals surface area contributed by atoms with Gasteiger partial charge in [-0.2, -0.15) is 22.0 Å². The Labute approximate surface area is 96.9 Å². The van der Waals surface area contributed by atoms with Gasteiger partial charge in [0.15, 0.2) is 0 Å². The molecule has 0 unspecified atom stereocenters. The van der Waals surface area contributed by atoms with Gasteiger partial charge in [0.05, 0.1) is 0 Å². The van der Waals surface area contributed by atoms with Crippen molar-refractivity contribution >= 4 is 5.69 Å². The smallest absolute Gasteiger partial charge is 0.481 e. The maximum absolute atomic E-state index is 13.1. The third kappa shape index (κ3) is 2.41. The molecule has 0 radical (unpaired) electrons. The van der Waals surface area contributed by atoms with Gasteiger partial charge in [0.2, 0.25) is 0 Å². The summed E-state index contributed by atoms with van der Waals surface area (Å²) >= 11 is 0. The minimum atomic E-state index is -6.05. The zero-order chi connectivity index (χ0) is 14.0. The van der Waals surface area contributed by atoms with Crippen LogP contribution in [0.15, 0.2) is 35.6 Å². The van der Waals surface area contributed by atoms with Crippen molar-refractivity contribution in [3.05, 3.63) is 40.7 Å². The van der Waals surface area contributed by atoms with E-state index in [4.69, 9.17) is 0 Å². The van der Waals surface area contributed by atoms with Crippen LogP contribution in [0.25, 0.3) is 0 Å². The van der Waals surface area contributed by atoms with Gasteiger partial charge in [-0.1, -0.05) is 18.2 Å². The van der Waals surface area contributed by atoms with Gasteiger partial charge in [-0.25, -0.2) is 0 Å². The Balaban J connectivity index is 3.33. The van der Waals surface area contributed by atoms with Gasteiger partial charge in [0.1, 0.15) is 5.69 Å². The summed E-state index contributed by atoms with van der Waals surface area (Å²) in [7, 11) is 0. The van der Waals surface area contributed by atoms with Crippen molar-refractivity contribution in [3.63, 3.8) is 0 Å². The lowest BCUT2D eigenvalue weighted by Gasteiger charge is -2.28. The highest BCUT2D eigenvalue weighted by Crippen LogP contribution is 2.40. The first-order chi connectivity index (χ1) is 8.21. The Morgan fingerprint density at radius 2 is 1.56 bits per heavy atom. The summed E-state index contributed by atoms with van der Waals surface area (Å²) in [6.45, 7) is 0. The molecule has 0 aromatic heterocycles. The second kappa shape index (κ2) is 4.63. The van der Waals surface area contributed by atoms with Crippen LogP contribution in [-0.4, -0.2) is 17.2 Å². The van der Waals surface area contributed by atoms with Gasteiger partial charge < -0.3 is 10.4 Å². The van der Waals surface area contributed by atoms with E-state index in [0.29, 0.717) is 0 Å². The predicted molar refractivity (Wildman–Crippen MR) is 49.3 cm³/mol. The van der Waals surface area contributed by atoms with Crippen LogP contribution in [0.4, 0.5) is 27.6 Å². The van der Waals surface area contributed by atoms with E-state index in [9.17, 15) is 32.4 Å². The maximum atomic E-state index is 13.1. The number of rotatable bonds is 3. The lowest BCUT2D eigenvalue weighted by molar-refractivity contribution is -0.577. The molecule has 0 amide bonds. The number of alkyl halides is 5. The quantitative estimate of drug-likeness (QED) is 0.279. The van der Waals surface area contributed by atoms with Crippen molar-refractivity contribution in [2.45, 2.75) is 12.2 Å². The number of benzene rings is 1. The fourth-order valence-electron chi connectivity index (χ4n) is 1.09. The van der Waals surface area contributed by atoms with Crippen LogP contribution in [0, 0.1) is 10.4 Å². The number of hydrogen-bond donors (Lipinski definition) is 0. The Kier molecular flexibility index (Phi) is 3.58. The van der Waals surface area contributed by atoms with E-state index in [1.165, 1.54) is 11.3 Å². The molecule has 1 aromatic carbocycles. The van der Waals surface area contributed by atoms with Crippen LogP contribution in [0.3, 0.4) is 0 Å². The highest BCUT2D eigenvalue weighted by molar-refractivity contribution is 5.44. The number of hydrazine groups is 1. The molecule has 0 heterocycles. The van der Waals surface area contributed by atoms with E-state index in [2.05, 4.69) is 0 Å². The summed E-state index contributed by atoms with van der Waals surface area (Å²) in [5.74, 6) is 0. The largest absolute Gasteiger partial charge is 0.737 e. The highest BCUT2D eigenvalue weighted by Gasteiger charge is 2.67. The first-order valence-electron chi connectivity index (χ1n) is 4.32. The van der Waals surface area contributed by atoms with Crippen molar-refractivity contribution in [1.82, 2.24) is 0 Å². The summed E-state index contributed by atoms with van der Waals surface area (Å²) < 4.78 is 62.7. The van der Waals surface area contributed by atoms with Crippen LogP contribution in [0.1, 0.15) is 0 Å². The Bertz CT molecular complexity index is 434. The maximum Gasteiger partial charge on any atom is 0.481 e. The molecule has 0 saturated carbocycles. The molecule has 0 fully saturated rings. The van der Waals surface area contributed by atoms with E-state index in [-0.39, 0.29) is 0 Å². The number of halogens is 5. The van der Waals surface area contributed by atoms with E-state index in [0.717, 1.165) is 24.3 Å². The van der Waals surface area contributed by atoms with Crippen molar-refractivity contribution < 1.29 is 26.9 Å². The first-order valence-corrected chi connectivity index (χ1v) is 4.32. The van der Waals surface area contributed by atoms with Gasteiger partial charge in [-0.3, -0.25) is 0 Å². The number of hydrogen-bond acceptors (Lipinski definition) is 3. The minimum absolute atomic E-state index is 0.801. The van der Waals surface area contributed by atoms with Crippen LogP contribution < -0.4 is 5.01 Å². The zero-order valence-corrected chi connectivity index (χ0v) is 8.43. The predicted octanol–water partition coefficient (Wildman–Crippen LogP) is 3.02.